The zero-order chi connectivity index (χ0) is 10.7. The van der Waals surface area contributed by atoms with Crippen molar-refractivity contribution in [1.29, 1.82) is 0 Å². The number of hydrazine groups is 1. The third-order valence-corrected chi connectivity index (χ3v) is 2.71. The maximum absolute atomic E-state index is 4.34. The lowest BCUT2D eigenvalue weighted by Crippen LogP contribution is -2.35. The molecule has 0 bridgehead atoms. The Morgan fingerprint density at radius 3 is 2.40 bits per heavy atom. The van der Waals surface area contributed by atoms with E-state index in [1.807, 2.05) is 13.8 Å². The largest absolute Gasteiger partial charge is 0.286 e. The van der Waals surface area contributed by atoms with E-state index in [2.05, 4.69) is 25.6 Å². The Morgan fingerprint density at radius 1 is 1.00 bits per heavy atom. The molecule has 0 atom stereocenters. The molecule has 2 rings (SSSR count). The van der Waals surface area contributed by atoms with Crippen LogP contribution in [-0.2, 0) is 0 Å². The third-order valence-electron chi connectivity index (χ3n) is 2.71. The maximum atomic E-state index is 4.34. The molecule has 1 aliphatic heterocycles. The van der Waals surface area contributed by atoms with E-state index >= 15 is 0 Å². The van der Waals surface area contributed by atoms with Crippen LogP contribution >= 0.6 is 0 Å². The summed E-state index contributed by atoms with van der Waals surface area (Å²) in [5.74, 6) is 0.611. The number of nitrogens with one attached hydrogen (secondary N) is 1. The molecule has 1 aliphatic rings. The molecule has 0 aromatic carbocycles. The van der Waals surface area contributed by atoms with Gasteiger partial charge in [0, 0.05) is 13.1 Å². The van der Waals surface area contributed by atoms with Gasteiger partial charge in [-0.05, 0) is 26.7 Å². The molecule has 5 heteroatoms. The summed E-state index contributed by atoms with van der Waals surface area (Å²) in [6.45, 7) is 6.00. The fourth-order valence-electron chi connectivity index (χ4n) is 1.65. The first-order valence-corrected chi connectivity index (χ1v) is 5.45. The van der Waals surface area contributed by atoms with Crippen molar-refractivity contribution in [2.75, 3.05) is 18.5 Å². The standard InChI is InChI=1S/C10H17N5/c1-8-9(2)12-13-10(11-8)14-15-6-4-3-5-7-15/h3-7H2,1-2H3,(H,11,13,14). The smallest absolute Gasteiger partial charge is 0.257 e. The van der Waals surface area contributed by atoms with Crippen molar-refractivity contribution < 1.29 is 0 Å². The minimum absolute atomic E-state index is 0.611. The van der Waals surface area contributed by atoms with Crippen molar-refractivity contribution >= 4 is 5.95 Å². The van der Waals surface area contributed by atoms with Gasteiger partial charge < -0.3 is 0 Å². The molecule has 1 N–H and O–H groups in total. The van der Waals surface area contributed by atoms with Crippen molar-refractivity contribution in [2.45, 2.75) is 33.1 Å². The van der Waals surface area contributed by atoms with Gasteiger partial charge in [-0.2, -0.15) is 5.10 Å². The van der Waals surface area contributed by atoms with Crippen LogP contribution in [0.25, 0.3) is 0 Å². The predicted octanol–water partition coefficient (Wildman–Crippen LogP) is 1.30. The van der Waals surface area contributed by atoms with E-state index in [1.165, 1.54) is 19.3 Å². The zero-order valence-corrected chi connectivity index (χ0v) is 9.32. The summed E-state index contributed by atoms with van der Waals surface area (Å²) in [5.41, 5.74) is 5.02. The fourth-order valence-corrected chi connectivity index (χ4v) is 1.65. The van der Waals surface area contributed by atoms with Crippen LogP contribution in [-0.4, -0.2) is 33.3 Å². The van der Waals surface area contributed by atoms with Crippen molar-refractivity contribution in [3.05, 3.63) is 11.4 Å². The molecule has 0 aliphatic carbocycles. The molecule has 2 heterocycles. The lowest BCUT2D eigenvalue weighted by Gasteiger charge is -2.26. The average Bonchev–Trinajstić information content (AvgIpc) is 2.25. The molecule has 0 radical (unpaired) electrons. The van der Waals surface area contributed by atoms with Gasteiger partial charge in [0.05, 0.1) is 11.4 Å². The normalized spacial score (nSPS) is 17.7. The topological polar surface area (TPSA) is 53.9 Å². The Kier molecular flexibility index (Phi) is 3.11. The number of piperidine rings is 1. The van der Waals surface area contributed by atoms with Crippen molar-refractivity contribution in [2.24, 2.45) is 0 Å². The number of aryl methyl sites for hydroxylation is 2. The highest BCUT2D eigenvalue weighted by Crippen LogP contribution is 2.10. The minimum Gasteiger partial charge on any atom is -0.286 e. The van der Waals surface area contributed by atoms with E-state index in [-0.39, 0.29) is 0 Å². The SMILES string of the molecule is Cc1nnc(NN2CCCCC2)nc1C. The van der Waals surface area contributed by atoms with Crippen LogP contribution in [0.4, 0.5) is 5.95 Å². The highest BCUT2D eigenvalue weighted by molar-refractivity contribution is 5.23. The van der Waals surface area contributed by atoms with Gasteiger partial charge in [0.15, 0.2) is 0 Å². The van der Waals surface area contributed by atoms with E-state index in [0.717, 1.165) is 24.5 Å². The summed E-state index contributed by atoms with van der Waals surface area (Å²) in [5, 5.41) is 10.2. The number of rotatable bonds is 2. The van der Waals surface area contributed by atoms with E-state index in [1.54, 1.807) is 0 Å². The molecule has 0 unspecified atom stereocenters. The number of hydrogen-bond donors (Lipinski definition) is 1. The number of hydrogen-bond acceptors (Lipinski definition) is 5. The molecule has 0 spiro atoms. The summed E-state index contributed by atoms with van der Waals surface area (Å²) in [6.07, 6.45) is 3.81. The summed E-state index contributed by atoms with van der Waals surface area (Å²) in [7, 11) is 0. The number of anilines is 1. The van der Waals surface area contributed by atoms with E-state index in [0.29, 0.717) is 5.95 Å². The predicted molar refractivity (Wildman–Crippen MR) is 58.3 cm³/mol. The highest BCUT2D eigenvalue weighted by atomic mass is 15.5. The van der Waals surface area contributed by atoms with Crippen LogP contribution in [0.1, 0.15) is 30.7 Å². The van der Waals surface area contributed by atoms with Gasteiger partial charge in [-0.3, -0.25) is 5.43 Å². The van der Waals surface area contributed by atoms with Crippen molar-refractivity contribution in [1.82, 2.24) is 20.2 Å². The van der Waals surface area contributed by atoms with Gasteiger partial charge in [-0.1, -0.05) is 6.42 Å². The van der Waals surface area contributed by atoms with E-state index in [9.17, 15) is 0 Å². The van der Waals surface area contributed by atoms with Crippen LogP contribution < -0.4 is 5.43 Å². The third kappa shape index (κ3) is 2.62. The average molecular weight is 207 g/mol. The second kappa shape index (κ2) is 4.53. The van der Waals surface area contributed by atoms with Crippen LogP contribution in [0.5, 0.6) is 0 Å². The molecule has 0 saturated carbocycles. The molecule has 1 saturated heterocycles. The first-order valence-electron chi connectivity index (χ1n) is 5.45. The molecule has 0 amide bonds. The Balaban J connectivity index is 2.00. The van der Waals surface area contributed by atoms with Gasteiger partial charge in [-0.15, -0.1) is 5.10 Å². The Morgan fingerprint density at radius 2 is 1.73 bits per heavy atom. The lowest BCUT2D eigenvalue weighted by atomic mass is 10.2. The fraction of sp³-hybridized carbons (Fsp3) is 0.700. The van der Waals surface area contributed by atoms with Crippen LogP contribution in [0.2, 0.25) is 0 Å². The Bertz CT molecular complexity index is 333. The highest BCUT2D eigenvalue weighted by Gasteiger charge is 2.11. The molecule has 82 valence electrons. The van der Waals surface area contributed by atoms with Crippen LogP contribution in [0, 0.1) is 13.8 Å². The second-order valence-electron chi connectivity index (χ2n) is 3.97. The lowest BCUT2D eigenvalue weighted by molar-refractivity contribution is 0.270. The van der Waals surface area contributed by atoms with Gasteiger partial charge >= 0.3 is 0 Å². The maximum Gasteiger partial charge on any atom is 0.257 e. The summed E-state index contributed by atoms with van der Waals surface area (Å²) in [4.78, 5) is 4.34. The summed E-state index contributed by atoms with van der Waals surface area (Å²) < 4.78 is 0. The monoisotopic (exact) mass is 207 g/mol. The minimum atomic E-state index is 0.611. The van der Waals surface area contributed by atoms with Gasteiger partial charge in [0.25, 0.3) is 5.95 Å². The Hall–Kier alpha value is -1.23. The number of nitrogens with zero attached hydrogens (tertiary/aromatic N) is 4. The molecule has 1 aromatic heterocycles. The Labute approximate surface area is 89.9 Å². The molecule has 5 nitrogen and oxygen atoms in total. The van der Waals surface area contributed by atoms with Crippen LogP contribution in [0.3, 0.4) is 0 Å². The quantitative estimate of drug-likeness (QED) is 0.792. The van der Waals surface area contributed by atoms with Gasteiger partial charge in [-0.25, -0.2) is 9.99 Å². The van der Waals surface area contributed by atoms with Gasteiger partial charge in [0.1, 0.15) is 0 Å². The molecule has 1 fully saturated rings. The van der Waals surface area contributed by atoms with E-state index < -0.39 is 0 Å². The van der Waals surface area contributed by atoms with Crippen molar-refractivity contribution in [3.63, 3.8) is 0 Å². The van der Waals surface area contributed by atoms with Crippen molar-refractivity contribution in [3.8, 4) is 0 Å². The van der Waals surface area contributed by atoms with Gasteiger partial charge in [0.2, 0.25) is 0 Å². The second-order valence-corrected chi connectivity index (χ2v) is 3.97. The molecule has 15 heavy (non-hydrogen) atoms. The number of aromatic nitrogens is 3. The van der Waals surface area contributed by atoms with Crippen LogP contribution in [0.15, 0.2) is 0 Å². The first kappa shape index (κ1) is 10.3. The first-order chi connectivity index (χ1) is 7.25. The molecular formula is C10H17N5. The summed E-state index contributed by atoms with van der Waals surface area (Å²) >= 11 is 0. The molecule has 1 aromatic rings. The van der Waals surface area contributed by atoms with E-state index in [4.69, 9.17) is 0 Å². The molecular weight excluding hydrogens is 190 g/mol. The summed E-state index contributed by atoms with van der Waals surface area (Å²) in [6, 6.07) is 0. The zero-order valence-electron chi connectivity index (χ0n) is 9.32.